The largest absolute Gasteiger partial charge is 0.469 e. The highest BCUT2D eigenvalue weighted by atomic mass is 32.2. The predicted molar refractivity (Wildman–Crippen MR) is 70.0 cm³/mol. The summed E-state index contributed by atoms with van der Waals surface area (Å²) in [6.45, 7) is 2.25. The van der Waals surface area contributed by atoms with Crippen LogP contribution in [-0.4, -0.2) is 23.6 Å². The molecular weight excluding hydrogens is 218 g/mol. The zero-order chi connectivity index (χ0) is 11.4. The Morgan fingerprint density at radius 1 is 1.56 bits per heavy atom. The van der Waals surface area contributed by atoms with Crippen molar-refractivity contribution in [3.8, 4) is 0 Å². The van der Waals surface area contributed by atoms with E-state index in [9.17, 15) is 0 Å². The second-order valence-electron chi connectivity index (χ2n) is 4.66. The SMILES string of the molecule is CSC1CCCC1NC(C)Cc1ccco1. The van der Waals surface area contributed by atoms with E-state index in [4.69, 9.17) is 4.42 Å². The normalized spacial score (nSPS) is 27.1. The van der Waals surface area contributed by atoms with Crippen molar-refractivity contribution in [3.63, 3.8) is 0 Å². The fourth-order valence-corrected chi connectivity index (χ4v) is 3.50. The minimum absolute atomic E-state index is 0.504. The fourth-order valence-electron chi connectivity index (χ4n) is 2.55. The molecule has 0 aromatic carbocycles. The van der Waals surface area contributed by atoms with Crippen molar-refractivity contribution in [2.75, 3.05) is 6.26 Å². The summed E-state index contributed by atoms with van der Waals surface area (Å²) in [5, 5.41) is 4.54. The molecule has 0 bridgehead atoms. The van der Waals surface area contributed by atoms with Crippen LogP contribution in [0, 0.1) is 0 Å². The zero-order valence-corrected chi connectivity index (χ0v) is 10.9. The molecule has 1 fully saturated rings. The smallest absolute Gasteiger partial charge is 0.105 e. The van der Waals surface area contributed by atoms with Gasteiger partial charge in [0.05, 0.1) is 6.26 Å². The minimum Gasteiger partial charge on any atom is -0.469 e. The van der Waals surface area contributed by atoms with Crippen LogP contribution in [0.25, 0.3) is 0 Å². The topological polar surface area (TPSA) is 25.2 Å². The van der Waals surface area contributed by atoms with Gasteiger partial charge < -0.3 is 9.73 Å². The lowest BCUT2D eigenvalue weighted by molar-refractivity contribution is 0.417. The molecule has 0 saturated heterocycles. The second-order valence-corrected chi connectivity index (χ2v) is 5.74. The van der Waals surface area contributed by atoms with E-state index in [-0.39, 0.29) is 0 Å². The highest BCUT2D eigenvalue weighted by Gasteiger charge is 2.27. The van der Waals surface area contributed by atoms with Crippen molar-refractivity contribution in [1.29, 1.82) is 0 Å². The summed E-state index contributed by atoms with van der Waals surface area (Å²) < 4.78 is 5.38. The van der Waals surface area contributed by atoms with E-state index >= 15 is 0 Å². The van der Waals surface area contributed by atoms with Crippen LogP contribution in [0.2, 0.25) is 0 Å². The molecule has 1 aromatic heterocycles. The van der Waals surface area contributed by atoms with Gasteiger partial charge in [0, 0.05) is 23.8 Å². The Morgan fingerprint density at radius 2 is 2.44 bits per heavy atom. The summed E-state index contributed by atoms with van der Waals surface area (Å²) in [6.07, 6.45) is 9.03. The Bertz CT molecular complexity index is 299. The van der Waals surface area contributed by atoms with E-state index < -0.39 is 0 Å². The summed E-state index contributed by atoms with van der Waals surface area (Å²) in [7, 11) is 0. The zero-order valence-electron chi connectivity index (χ0n) is 10.1. The molecule has 3 heteroatoms. The molecule has 1 aliphatic rings. The molecule has 3 unspecified atom stereocenters. The average Bonchev–Trinajstić information content (AvgIpc) is 2.88. The quantitative estimate of drug-likeness (QED) is 0.855. The van der Waals surface area contributed by atoms with Crippen LogP contribution in [0.1, 0.15) is 31.9 Å². The van der Waals surface area contributed by atoms with E-state index in [1.807, 2.05) is 17.8 Å². The molecule has 1 aromatic rings. The van der Waals surface area contributed by atoms with Gasteiger partial charge in [0.15, 0.2) is 0 Å². The number of thioether (sulfide) groups is 1. The molecule has 90 valence electrons. The van der Waals surface area contributed by atoms with E-state index in [0.717, 1.165) is 17.4 Å². The lowest BCUT2D eigenvalue weighted by Crippen LogP contribution is -2.41. The van der Waals surface area contributed by atoms with Gasteiger partial charge in [-0.05, 0) is 38.2 Å². The molecule has 1 N–H and O–H groups in total. The Morgan fingerprint density at radius 3 is 3.12 bits per heavy atom. The summed E-state index contributed by atoms with van der Waals surface area (Å²) in [5.41, 5.74) is 0. The van der Waals surface area contributed by atoms with Gasteiger partial charge >= 0.3 is 0 Å². The molecule has 0 amide bonds. The molecule has 3 atom stereocenters. The van der Waals surface area contributed by atoms with Crippen molar-refractivity contribution >= 4 is 11.8 Å². The first-order valence-corrected chi connectivity index (χ1v) is 7.39. The van der Waals surface area contributed by atoms with Crippen LogP contribution in [0.15, 0.2) is 22.8 Å². The molecule has 2 rings (SSSR count). The van der Waals surface area contributed by atoms with Crippen LogP contribution < -0.4 is 5.32 Å². The van der Waals surface area contributed by atoms with Crippen molar-refractivity contribution in [2.24, 2.45) is 0 Å². The van der Waals surface area contributed by atoms with E-state index in [0.29, 0.717) is 12.1 Å². The molecule has 1 saturated carbocycles. The molecule has 16 heavy (non-hydrogen) atoms. The third kappa shape index (κ3) is 3.05. The average molecular weight is 239 g/mol. The maximum atomic E-state index is 5.38. The molecule has 1 heterocycles. The van der Waals surface area contributed by atoms with Gasteiger partial charge in [0.25, 0.3) is 0 Å². The molecule has 0 aliphatic heterocycles. The van der Waals surface area contributed by atoms with Crippen molar-refractivity contribution in [1.82, 2.24) is 5.32 Å². The number of nitrogens with one attached hydrogen (secondary N) is 1. The van der Waals surface area contributed by atoms with E-state index in [1.54, 1.807) is 6.26 Å². The Kier molecular flexibility index (Phi) is 4.36. The van der Waals surface area contributed by atoms with E-state index in [2.05, 4.69) is 24.6 Å². The van der Waals surface area contributed by atoms with Gasteiger partial charge in [-0.3, -0.25) is 0 Å². The Balaban J connectivity index is 1.80. The minimum atomic E-state index is 0.504. The Labute approximate surface area is 102 Å². The molecule has 1 aliphatic carbocycles. The number of furan rings is 1. The van der Waals surface area contributed by atoms with Crippen molar-refractivity contribution < 1.29 is 4.42 Å². The summed E-state index contributed by atoms with van der Waals surface area (Å²) in [6, 6.07) is 5.21. The van der Waals surface area contributed by atoms with Gasteiger partial charge in [-0.1, -0.05) is 6.42 Å². The fraction of sp³-hybridized carbons (Fsp3) is 0.692. The summed E-state index contributed by atoms with van der Waals surface area (Å²) in [4.78, 5) is 0. The second kappa shape index (κ2) is 5.78. The number of hydrogen-bond acceptors (Lipinski definition) is 3. The van der Waals surface area contributed by atoms with Gasteiger partial charge in [0.2, 0.25) is 0 Å². The van der Waals surface area contributed by atoms with Gasteiger partial charge in [-0.2, -0.15) is 11.8 Å². The lowest BCUT2D eigenvalue weighted by atomic mass is 10.1. The monoisotopic (exact) mass is 239 g/mol. The van der Waals surface area contributed by atoms with Crippen molar-refractivity contribution in [2.45, 2.75) is 49.9 Å². The first-order valence-electron chi connectivity index (χ1n) is 6.11. The van der Waals surface area contributed by atoms with Gasteiger partial charge in [-0.15, -0.1) is 0 Å². The lowest BCUT2D eigenvalue weighted by Gasteiger charge is -2.23. The first-order chi connectivity index (χ1) is 7.79. The van der Waals surface area contributed by atoms with Crippen LogP contribution in [0.5, 0.6) is 0 Å². The van der Waals surface area contributed by atoms with Gasteiger partial charge in [0.1, 0.15) is 5.76 Å². The molecular formula is C13H21NOS. The summed E-state index contributed by atoms with van der Waals surface area (Å²) in [5.74, 6) is 1.08. The highest BCUT2D eigenvalue weighted by Crippen LogP contribution is 2.28. The Hall–Kier alpha value is -0.410. The van der Waals surface area contributed by atoms with Crippen LogP contribution >= 0.6 is 11.8 Å². The molecule has 0 spiro atoms. The molecule has 0 radical (unpaired) electrons. The third-order valence-electron chi connectivity index (χ3n) is 3.34. The van der Waals surface area contributed by atoms with Crippen molar-refractivity contribution in [3.05, 3.63) is 24.2 Å². The third-order valence-corrected chi connectivity index (χ3v) is 4.51. The number of hydrogen-bond donors (Lipinski definition) is 1. The maximum absolute atomic E-state index is 5.38. The number of rotatable bonds is 5. The van der Waals surface area contributed by atoms with Crippen LogP contribution in [0.4, 0.5) is 0 Å². The summed E-state index contributed by atoms with van der Waals surface area (Å²) >= 11 is 2.00. The first kappa shape index (κ1) is 12.1. The van der Waals surface area contributed by atoms with E-state index in [1.165, 1.54) is 19.3 Å². The molecule has 2 nitrogen and oxygen atoms in total. The van der Waals surface area contributed by atoms with Crippen LogP contribution in [-0.2, 0) is 6.42 Å². The standard InChI is InChI=1S/C13H21NOS/c1-10(9-11-5-4-8-15-11)14-12-6-3-7-13(12)16-2/h4-5,8,10,12-14H,3,6-7,9H2,1-2H3. The van der Waals surface area contributed by atoms with Crippen LogP contribution in [0.3, 0.4) is 0 Å². The van der Waals surface area contributed by atoms with Gasteiger partial charge in [-0.25, -0.2) is 0 Å². The maximum Gasteiger partial charge on any atom is 0.105 e. The predicted octanol–water partition coefficient (Wildman–Crippen LogP) is 3.08. The highest BCUT2D eigenvalue weighted by molar-refractivity contribution is 7.99.